The van der Waals surface area contributed by atoms with E-state index in [1.807, 2.05) is 41.5 Å². The first-order valence-electron chi connectivity index (χ1n) is 14.6. The lowest BCUT2D eigenvalue weighted by Gasteiger charge is -2.34. The zero-order valence-electron chi connectivity index (χ0n) is 28.2. The van der Waals surface area contributed by atoms with Crippen molar-refractivity contribution in [2.45, 2.75) is 119 Å². The van der Waals surface area contributed by atoms with Crippen LogP contribution >= 0.6 is 11.6 Å². The van der Waals surface area contributed by atoms with Gasteiger partial charge in [0.2, 0.25) is 20.0 Å². The lowest BCUT2D eigenvalue weighted by atomic mass is 9.86. The fourth-order valence-electron chi connectivity index (χ4n) is 3.64. The van der Waals surface area contributed by atoms with Crippen LogP contribution in [0.2, 0.25) is 0 Å². The van der Waals surface area contributed by atoms with E-state index in [4.69, 9.17) is 21.1 Å². The Labute approximate surface area is 265 Å². The van der Waals surface area contributed by atoms with Gasteiger partial charge in [0.15, 0.2) is 0 Å². The average molecular weight is 677 g/mol. The molecule has 2 atom stereocenters. The molecule has 256 valence electrons. The first-order valence-corrected chi connectivity index (χ1v) is 18.4. The van der Waals surface area contributed by atoms with Gasteiger partial charge in [-0.1, -0.05) is 41.5 Å². The molecular weight excluding hydrogens is 620 g/mol. The minimum absolute atomic E-state index is 0.0280. The molecule has 1 fully saturated rings. The fourth-order valence-corrected chi connectivity index (χ4v) is 6.55. The Hall–Kier alpha value is -1.35. The molecule has 0 bridgehead atoms. The van der Waals surface area contributed by atoms with Crippen molar-refractivity contribution in [2.24, 2.45) is 10.8 Å². The van der Waals surface area contributed by atoms with Crippen molar-refractivity contribution >= 4 is 43.8 Å². The van der Waals surface area contributed by atoms with Gasteiger partial charge in [-0.2, -0.15) is 4.31 Å². The minimum atomic E-state index is -3.40. The van der Waals surface area contributed by atoms with E-state index in [1.54, 1.807) is 41.5 Å². The zero-order valence-corrected chi connectivity index (χ0v) is 30.6. The average Bonchev–Trinajstić information content (AvgIpc) is 3.09. The van der Waals surface area contributed by atoms with E-state index < -0.39 is 49.5 Å². The number of nitrogens with one attached hydrogen (secondary N) is 3. The molecule has 12 nitrogen and oxygen atoms in total. The van der Waals surface area contributed by atoms with Crippen molar-refractivity contribution < 1.29 is 35.9 Å². The maximum Gasteiger partial charge on any atom is 0.407 e. The summed E-state index contributed by atoms with van der Waals surface area (Å²) in [5.74, 6) is 0.454. The van der Waals surface area contributed by atoms with E-state index in [0.29, 0.717) is 25.3 Å². The van der Waals surface area contributed by atoms with Gasteiger partial charge in [-0.15, -0.1) is 11.6 Å². The smallest absolute Gasteiger partial charge is 0.407 e. The summed E-state index contributed by atoms with van der Waals surface area (Å²) in [6.45, 7) is 23.3. The fraction of sp³-hybridized carbons (Fsp3) is 0.929. The zero-order chi connectivity index (χ0) is 34.1. The lowest BCUT2D eigenvalue weighted by molar-refractivity contribution is 0.0448. The minimum Gasteiger partial charge on any atom is -0.444 e. The Morgan fingerprint density at radius 1 is 0.837 bits per heavy atom. The van der Waals surface area contributed by atoms with E-state index in [0.717, 1.165) is 0 Å². The summed E-state index contributed by atoms with van der Waals surface area (Å²) in [7, 11) is -6.57. The van der Waals surface area contributed by atoms with Crippen LogP contribution in [0.3, 0.4) is 0 Å². The highest BCUT2D eigenvalue weighted by Crippen LogP contribution is 2.24. The van der Waals surface area contributed by atoms with E-state index >= 15 is 0 Å². The molecule has 1 aliphatic heterocycles. The van der Waals surface area contributed by atoms with E-state index in [2.05, 4.69) is 15.4 Å². The van der Waals surface area contributed by atoms with E-state index in [-0.39, 0.29) is 41.5 Å². The first kappa shape index (κ1) is 41.7. The number of ether oxygens (including phenoxy) is 2. The second-order valence-electron chi connectivity index (χ2n) is 14.9. The third-order valence-electron chi connectivity index (χ3n) is 6.12. The van der Waals surface area contributed by atoms with Crippen molar-refractivity contribution in [2.75, 3.05) is 37.0 Å². The van der Waals surface area contributed by atoms with Crippen LogP contribution in [0.4, 0.5) is 9.59 Å². The van der Waals surface area contributed by atoms with Crippen LogP contribution in [0, 0.1) is 10.8 Å². The molecule has 1 saturated heterocycles. The molecule has 0 unspecified atom stereocenters. The third kappa shape index (κ3) is 18.9. The molecule has 3 N–H and O–H groups in total. The SMILES string of the molecule is CC(C)(C)OC(=O)N[C@H](CN1CCCS1(=O)=O)C(C)(C)C.CC(C)(C)OC(=O)N[C@H](CNS(=O)(=O)CCCCl)C(C)(C)C. The van der Waals surface area contributed by atoms with Crippen molar-refractivity contribution in [3.05, 3.63) is 0 Å². The monoisotopic (exact) mass is 676 g/mol. The maximum atomic E-state index is 11.9. The van der Waals surface area contributed by atoms with Crippen LogP contribution < -0.4 is 15.4 Å². The number of carbonyl (C=O) groups is 2. The molecule has 0 radical (unpaired) electrons. The summed E-state index contributed by atoms with van der Waals surface area (Å²) in [5.41, 5.74) is -1.78. The van der Waals surface area contributed by atoms with Crippen molar-refractivity contribution in [3.63, 3.8) is 0 Å². The second kappa shape index (κ2) is 16.3. The van der Waals surface area contributed by atoms with Crippen LogP contribution in [-0.2, 0) is 29.5 Å². The first-order chi connectivity index (χ1) is 19.1. The molecule has 0 aromatic rings. The summed E-state index contributed by atoms with van der Waals surface area (Å²) in [5, 5.41) is 5.54. The largest absolute Gasteiger partial charge is 0.444 e. The molecule has 1 aliphatic rings. The molecular formula is C28H57ClN4O8S2. The van der Waals surface area contributed by atoms with Crippen LogP contribution in [0.15, 0.2) is 0 Å². The van der Waals surface area contributed by atoms with E-state index in [9.17, 15) is 26.4 Å². The van der Waals surface area contributed by atoms with Crippen molar-refractivity contribution in [1.82, 2.24) is 19.7 Å². The standard InChI is InChI=1S/C14H29ClN2O4S.C14H28N2O4S/c1-13(2,3)11(17-12(18)21-14(4,5)6)10-16-22(19,20)9-7-8-15;1-13(2,3)11(15-12(17)20-14(4,5)6)10-16-8-7-9-21(16,18)19/h11,16H,7-10H2,1-6H3,(H,17,18);11H,7-10H2,1-6H3,(H,15,17)/t2*11-/m11/s1. The summed E-state index contributed by atoms with van der Waals surface area (Å²) in [6.07, 6.45) is -0.0474. The number of amides is 2. The number of carbonyl (C=O) groups excluding carboxylic acids is 2. The number of halogens is 1. The highest BCUT2D eigenvalue weighted by Gasteiger charge is 2.36. The van der Waals surface area contributed by atoms with Crippen LogP contribution in [0.25, 0.3) is 0 Å². The van der Waals surface area contributed by atoms with Gasteiger partial charge in [-0.25, -0.2) is 31.1 Å². The summed E-state index contributed by atoms with van der Waals surface area (Å²) in [4.78, 5) is 23.8. The molecule has 0 spiro atoms. The highest BCUT2D eigenvalue weighted by molar-refractivity contribution is 7.89. The van der Waals surface area contributed by atoms with Gasteiger partial charge in [-0.3, -0.25) is 0 Å². The number of alkyl halides is 1. The third-order valence-corrected chi connectivity index (χ3v) is 9.74. The Kier molecular flexibility index (Phi) is 15.8. The van der Waals surface area contributed by atoms with Crippen LogP contribution in [0.1, 0.15) is 95.9 Å². The number of nitrogens with zero attached hydrogens (tertiary/aromatic N) is 1. The molecule has 1 heterocycles. The van der Waals surface area contributed by atoms with Crippen molar-refractivity contribution in [3.8, 4) is 0 Å². The van der Waals surface area contributed by atoms with Gasteiger partial charge in [0.05, 0.1) is 23.6 Å². The van der Waals surface area contributed by atoms with Gasteiger partial charge in [0, 0.05) is 25.5 Å². The summed E-state index contributed by atoms with van der Waals surface area (Å²) >= 11 is 5.51. The second-order valence-corrected chi connectivity index (χ2v) is 19.3. The van der Waals surface area contributed by atoms with Gasteiger partial charge in [0.25, 0.3) is 0 Å². The number of sulfonamides is 2. The predicted molar refractivity (Wildman–Crippen MR) is 172 cm³/mol. The summed E-state index contributed by atoms with van der Waals surface area (Å²) < 4.78 is 61.9. The molecule has 0 aromatic carbocycles. The number of hydrogen-bond acceptors (Lipinski definition) is 8. The number of rotatable bonds is 10. The number of hydrogen-bond donors (Lipinski definition) is 3. The van der Waals surface area contributed by atoms with Gasteiger partial charge in [0.1, 0.15) is 11.2 Å². The number of alkyl carbamates (subject to hydrolysis) is 2. The Bertz CT molecular complexity index is 1100. The Morgan fingerprint density at radius 2 is 1.28 bits per heavy atom. The lowest BCUT2D eigenvalue weighted by Crippen LogP contribution is -2.52. The van der Waals surface area contributed by atoms with Crippen molar-refractivity contribution in [1.29, 1.82) is 0 Å². The van der Waals surface area contributed by atoms with E-state index in [1.165, 1.54) is 4.31 Å². The van der Waals surface area contributed by atoms with Gasteiger partial charge >= 0.3 is 12.2 Å². The maximum absolute atomic E-state index is 11.9. The van der Waals surface area contributed by atoms with Gasteiger partial charge in [-0.05, 0) is 65.2 Å². The molecule has 2 amide bonds. The van der Waals surface area contributed by atoms with Gasteiger partial charge < -0.3 is 20.1 Å². The van der Waals surface area contributed by atoms with Crippen LogP contribution in [-0.4, -0.2) is 93.6 Å². The molecule has 1 rings (SSSR count). The summed E-state index contributed by atoms with van der Waals surface area (Å²) in [6, 6.07) is -0.701. The molecule has 0 aliphatic carbocycles. The predicted octanol–water partition coefficient (Wildman–Crippen LogP) is 4.44. The molecule has 15 heteroatoms. The molecule has 0 aromatic heterocycles. The quantitative estimate of drug-likeness (QED) is 0.287. The normalized spacial score (nSPS) is 17.7. The molecule has 0 saturated carbocycles. The highest BCUT2D eigenvalue weighted by atomic mass is 35.5. The molecule has 43 heavy (non-hydrogen) atoms. The Balaban J connectivity index is 0.000000821. The van der Waals surface area contributed by atoms with Crippen LogP contribution in [0.5, 0.6) is 0 Å². The topological polar surface area (TPSA) is 160 Å². The Morgan fingerprint density at radius 3 is 1.63 bits per heavy atom.